The SMILES string of the molecule is CN=C(NCc1nccn1CC(C)C)NCC1CCCN1Cc1ccccc1. The Morgan fingerprint density at radius 1 is 1.25 bits per heavy atom. The fraction of sp³-hybridized carbons (Fsp3) is 0.545. The van der Waals surface area contributed by atoms with Crippen molar-refractivity contribution in [3.05, 3.63) is 54.1 Å². The Balaban J connectivity index is 1.48. The molecule has 2 aromatic rings. The van der Waals surface area contributed by atoms with E-state index in [1.165, 1.54) is 24.9 Å². The van der Waals surface area contributed by atoms with E-state index in [2.05, 4.69) is 74.3 Å². The molecule has 6 heteroatoms. The van der Waals surface area contributed by atoms with Crippen LogP contribution in [0.1, 0.15) is 38.1 Å². The number of rotatable bonds is 8. The number of nitrogens with zero attached hydrogens (tertiary/aromatic N) is 4. The molecule has 0 spiro atoms. The number of imidazole rings is 1. The molecular weight excluding hydrogens is 348 g/mol. The summed E-state index contributed by atoms with van der Waals surface area (Å²) in [6.07, 6.45) is 6.41. The summed E-state index contributed by atoms with van der Waals surface area (Å²) in [5.41, 5.74) is 1.38. The molecule has 1 aliphatic rings. The number of guanidine groups is 1. The monoisotopic (exact) mass is 382 g/mol. The van der Waals surface area contributed by atoms with Gasteiger partial charge in [-0.25, -0.2) is 4.98 Å². The van der Waals surface area contributed by atoms with Gasteiger partial charge in [0.05, 0.1) is 6.54 Å². The summed E-state index contributed by atoms with van der Waals surface area (Å²) in [7, 11) is 1.83. The number of hydrogen-bond donors (Lipinski definition) is 2. The van der Waals surface area contributed by atoms with Gasteiger partial charge < -0.3 is 15.2 Å². The largest absolute Gasteiger partial charge is 0.355 e. The Labute approximate surface area is 169 Å². The van der Waals surface area contributed by atoms with E-state index < -0.39 is 0 Å². The molecule has 28 heavy (non-hydrogen) atoms. The lowest BCUT2D eigenvalue weighted by atomic mass is 10.2. The number of benzene rings is 1. The van der Waals surface area contributed by atoms with Crippen molar-refractivity contribution in [1.29, 1.82) is 0 Å². The first kappa shape index (κ1) is 20.4. The highest BCUT2D eigenvalue weighted by atomic mass is 15.2. The van der Waals surface area contributed by atoms with E-state index >= 15 is 0 Å². The van der Waals surface area contributed by atoms with Crippen LogP contribution in [0.3, 0.4) is 0 Å². The van der Waals surface area contributed by atoms with E-state index in [9.17, 15) is 0 Å². The van der Waals surface area contributed by atoms with Gasteiger partial charge in [0.1, 0.15) is 5.82 Å². The van der Waals surface area contributed by atoms with Crippen LogP contribution in [-0.2, 0) is 19.6 Å². The van der Waals surface area contributed by atoms with Crippen LogP contribution in [0.25, 0.3) is 0 Å². The summed E-state index contributed by atoms with van der Waals surface area (Å²) in [4.78, 5) is 11.4. The van der Waals surface area contributed by atoms with Gasteiger partial charge in [0.25, 0.3) is 0 Å². The van der Waals surface area contributed by atoms with Gasteiger partial charge in [0.2, 0.25) is 0 Å². The minimum atomic E-state index is 0.543. The summed E-state index contributed by atoms with van der Waals surface area (Å²) in [6.45, 7) is 9.21. The molecule has 2 N–H and O–H groups in total. The first-order valence-electron chi connectivity index (χ1n) is 10.4. The van der Waals surface area contributed by atoms with Gasteiger partial charge in [0, 0.05) is 45.1 Å². The maximum Gasteiger partial charge on any atom is 0.191 e. The Hall–Kier alpha value is -2.34. The van der Waals surface area contributed by atoms with Crippen molar-refractivity contribution in [3.8, 4) is 0 Å². The molecule has 1 unspecified atom stereocenters. The van der Waals surface area contributed by atoms with Crippen LogP contribution in [0.4, 0.5) is 0 Å². The molecule has 0 radical (unpaired) electrons. The Morgan fingerprint density at radius 2 is 2.07 bits per heavy atom. The highest BCUT2D eigenvalue weighted by molar-refractivity contribution is 5.79. The summed E-state index contributed by atoms with van der Waals surface area (Å²) in [5, 5.41) is 6.92. The van der Waals surface area contributed by atoms with Crippen LogP contribution >= 0.6 is 0 Å². The van der Waals surface area contributed by atoms with Crippen molar-refractivity contribution in [2.24, 2.45) is 10.9 Å². The molecule has 152 valence electrons. The van der Waals surface area contributed by atoms with Gasteiger partial charge in [0.15, 0.2) is 5.96 Å². The predicted octanol–water partition coefficient (Wildman–Crippen LogP) is 2.87. The maximum atomic E-state index is 4.48. The molecule has 1 atom stereocenters. The fourth-order valence-corrected chi connectivity index (χ4v) is 3.82. The van der Waals surface area contributed by atoms with Crippen LogP contribution < -0.4 is 10.6 Å². The van der Waals surface area contributed by atoms with Crippen molar-refractivity contribution in [3.63, 3.8) is 0 Å². The zero-order valence-electron chi connectivity index (χ0n) is 17.4. The molecule has 1 aromatic carbocycles. The Morgan fingerprint density at radius 3 is 2.82 bits per heavy atom. The number of aromatic nitrogens is 2. The third-order valence-electron chi connectivity index (χ3n) is 5.23. The van der Waals surface area contributed by atoms with Crippen molar-refractivity contribution in [2.75, 3.05) is 20.1 Å². The van der Waals surface area contributed by atoms with Crippen LogP contribution in [0.15, 0.2) is 47.7 Å². The van der Waals surface area contributed by atoms with E-state index in [4.69, 9.17) is 0 Å². The molecule has 3 rings (SSSR count). The first-order valence-corrected chi connectivity index (χ1v) is 10.4. The molecule has 0 saturated carbocycles. The average Bonchev–Trinajstić information content (AvgIpc) is 3.32. The lowest BCUT2D eigenvalue weighted by molar-refractivity contribution is 0.245. The third kappa shape index (κ3) is 5.83. The van der Waals surface area contributed by atoms with Gasteiger partial charge >= 0.3 is 0 Å². The molecule has 1 aromatic heterocycles. The molecule has 0 amide bonds. The Bertz CT molecular complexity index is 736. The van der Waals surface area contributed by atoms with Gasteiger partial charge in [-0.15, -0.1) is 0 Å². The second kappa shape index (κ2) is 10.3. The predicted molar refractivity (Wildman–Crippen MR) is 115 cm³/mol. The number of likely N-dealkylation sites (tertiary alicyclic amines) is 1. The minimum absolute atomic E-state index is 0.543. The lowest BCUT2D eigenvalue weighted by Gasteiger charge is -2.25. The zero-order valence-corrected chi connectivity index (χ0v) is 17.4. The van der Waals surface area contributed by atoms with Crippen molar-refractivity contribution < 1.29 is 0 Å². The van der Waals surface area contributed by atoms with E-state index in [1.807, 2.05) is 19.4 Å². The lowest BCUT2D eigenvalue weighted by Crippen LogP contribution is -2.44. The topological polar surface area (TPSA) is 57.5 Å². The van der Waals surface area contributed by atoms with Gasteiger partial charge in [-0.1, -0.05) is 44.2 Å². The van der Waals surface area contributed by atoms with E-state index in [-0.39, 0.29) is 0 Å². The second-order valence-electron chi connectivity index (χ2n) is 7.95. The average molecular weight is 383 g/mol. The van der Waals surface area contributed by atoms with Crippen LogP contribution in [0, 0.1) is 5.92 Å². The van der Waals surface area contributed by atoms with Gasteiger partial charge in [-0.05, 0) is 30.9 Å². The highest BCUT2D eigenvalue weighted by Crippen LogP contribution is 2.19. The summed E-state index contributed by atoms with van der Waals surface area (Å²) < 4.78 is 2.21. The van der Waals surface area contributed by atoms with Crippen molar-refractivity contribution >= 4 is 5.96 Å². The van der Waals surface area contributed by atoms with Crippen LogP contribution in [-0.4, -0.2) is 46.6 Å². The fourth-order valence-electron chi connectivity index (χ4n) is 3.82. The first-order chi connectivity index (χ1) is 13.7. The van der Waals surface area contributed by atoms with Crippen LogP contribution in [0.5, 0.6) is 0 Å². The molecule has 1 fully saturated rings. The molecule has 0 bridgehead atoms. The normalized spacial score (nSPS) is 18.0. The zero-order chi connectivity index (χ0) is 19.8. The molecule has 1 saturated heterocycles. The molecular formula is C22H34N6. The van der Waals surface area contributed by atoms with E-state index in [0.717, 1.165) is 31.4 Å². The summed E-state index contributed by atoms with van der Waals surface area (Å²) in [5.74, 6) is 2.48. The van der Waals surface area contributed by atoms with E-state index in [0.29, 0.717) is 18.5 Å². The van der Waals surface area contributed by atoms with E-state index in [1.54, 1.807) is 0 Å². The number of hydrogen-bond acceptors (Lipinski definition) is 3. The number of aliphatic imine (C=N–C) groups is 1. The smallest absolute Gasteiger partial charge is 0.191 e. The second-order valence-corrected chi connectivity index (χ2v) is 7.95. The van der Waals surface area contributed by atoms with Crippen LogP contribution in [0.2, 0.25) is 0 Å². The van der Waals surface area contributed by atoms with Crippen molar-refractivity contribution in [2.45, 2.75) is 52.4 Å². The standard InChI is InChI=1S/C22H34N6/c1-18(2)16-28-13-11-24-21(28)15-26-22(23-3)25-14-20-10-7-12-27(20)17-19-8-5-4-6-9-19/h4-6,8-9,11,13,18,20H,7,10,12,14-17H2,1-3H3,(H2,23,25,26). The quantitative estimate of drug-likeness (QED) is 0.544. The maximum absolute atomic E-state index is 4.48. The molecule has 6 nitrogen and oxygen atoms in total. The minimum Gasteiger partial charge on any atom is -0.355 e. The Kier molecular flexibility index (Phi) is 7.48. The highest BCUT2D eigenvalue weighted by Gasteiger charge is 2.24. The molecule has 0 aliphatic carbocycles. The van der Waals surface area contributed by atoms with Gasteiger partial charge in [-0.3, -0.25) is 9.89 Å². The third-order valence-corrected chi connectivity index (χ3v) is 5.23. The van der Waals surface area contributed by atoms with Crippen molar-refractivity contribution in [1.82, 2.24) is 25.1 Å². The summed E-state index contributed by atoms with van der Waals surface area (Å²) >= 11 is 0. The van der Waals surface area contributed by atoms with Gasteiger partial charge in [-0.2, -0.15) is 0 Å². The molecule has 2 heterocycles. The summed E-state index contributed by atoms with van der Waals surface area (Å²) in [6, 6.07) is 11.3. The molecule has 1 aliphatic heterocycles. The number of nitrogens with one attached hydrogen (secondary N) is 2.